The van der Waals surface area contributed by atoms with Gasteiger partial charge < -0.3 is 4.57 Å². The predicted octanol–water partition coefficient (Wildman–Crippen LogP) is 3.06. The van der Waals surface area contributed by atoms with Crippen LogP contribution in [0.4, 0.5) is 0 Å². The molecule has 0 radical (unpaired) electrons. The van der Waals surface area contributed by atoms with Crippen molar-refractivity contribution in [2.45, 2.75) is 5.75 Å². The molecule has 1 amide bonds. The number of amides is 1. The van der Waals surface area contributed by atoms with Crippen molar-refractivity contribution in [3.05, 3.63) is 45.7 Å². The Morgan fingerprint density at radius 3 is 3.05 bits per heavy atom. The topological polar surface area (TPSA) is 47.2 Å². The highest BCUT2D eigenvalue weighted by Crippen LogP contribution is 2.24. The molecule has 0 aliphatic rings. The summed E-state index contributed by atoms with van der Waals surface area (Å²) in [4.78, 5) is 21.2. The van der Waals surface area contributed by atoms with E-state index < -0.39 is 0 Å². The SMILES string of the molecule is Cn1ccsc1=NC(=O)CSCc1nc2ccccc2s1. The average molecular weight is 335 g/mol. The summed E-state index contributed by atoms with van der Waals surface area (Å²) in [5.41, 5.74) is 1.03. The second-order valence-electron chi connectivity index (χ2n) is 4.37. The second kappa shape index (κ2) is 6.55. The molecule has 0 atom stereocenters. The third-order valence-electron chi connectivity index (χ3n) is 2.77. The lowest BCUT2D eigenvalue weighted by molar-refractivity contribution is -0.115. The number of nitrogens with zero attached hydrogens (tertiary/aromatic N) is 3. The fourth-order valence-electron chi connectivity index (χ4n) is 1.78. The van der Waals surface area contributed by atoms with Crippen LogP contribution in [-0.4, -0.2) is 21.2 Å². The van der Waals surface area contributed by atoms with Crippen molar-refractivity contribution in [3.63, 3.8) is 0 Å². The summed E-state index contributed by atoms with van der Waals surface area (Å²) in [5, 5.41) is 2.97. The molecule has 0 N–H and O–H groups in total. The molecule has 3 rings (SSSR count). The van der Waals surface area contributed by atoms with Crippen molar-refractivity contribution in [1.29, 1.82) is 0 Å². The first-order valence-corrected chi connectivity index (χ1v) is 9.17. The minimum Gasteiger partial charge on any atom is -0.327 e. The van der Waals surface area contributed by atoms with Gasteiger partial charge in [0, 0.05) is 24.4 Å². The maximum Gasteiger partial charge on any atom is 0.258 e. The molecule has 0 aliphatic carbocycles. The standard InChI is InChI=1S/C14H13N3OS3/c1-17-6-7-20-14(17)16-12(18)8-19-9-13-15-10-4-2-3-5-11(10)21-13/h2-7H,8-9H2,1H3. The lowest BCUT2D eigenvalue weighted by Crippen LogP contribution is -2.13. The summed E-state index contributed by atoms with van der Waals surface area (Å²) in [6, 6.07) is 8.08. The molecule has 2 aromatic heterocycles. The van der Waals surface area contributed by atoms with Crippen molar-refractivity contribution in [3.8, 4) is 0 Å². The molecule has 1 aromatic carbocycles. The van der Waals surface area contributed by atoms with Gasteiger partial charge in [-0.3, -0.25) is 4.79 Å². The van der Waals surface area contributed by atoms with Gasteiger partial charge in [0.2, 0.25) is 0 Å². The smallest absolute Gasteiger partial charge is 0.258 e. The molecule has 108 valence electrons. The molecule has 0 aliphatic heterocycles. The molecule has 2 heterocycles. The average Bonchev–Trinajstić information content (AvgIpc) is 3.05. The number of rotatable bonds is 4. The van der Waals surface area contributed by atoms with E-state index >= 15 is 0 Å². The first kappa shape index (κ1) is 14.5. The first-order valence-electron chi connectivity index (χ1n) is 6.32. The van der Waals surface area contributed by atoms with Crippen LogP contribution in [0.3, 0.4) is 0 Å². The van der Waals surface area contributed by atoms with Crippen LogP contribution in [-0.2, 0) is 17.6 Å². The summed E-state index contributed by atoms with van der Waals surface area (Å²) >= 11 is 4.70. The molecule has 0 saturated heterocycles. The summed E-state index contributed by atoms with van der Waals surface area (Å²) in [5.74, 6) is 1.03. The molecule has 0 bridgehead atoms. The van der Waals surface area contributed by atoms with Gasteiger partial charge in [0.25, 0.3) is 5.91 Å². The van der Waals surface area contributed by atoms with Crippen LogP contribution in [0.25, 0.3) is 10.2 Å². The van der Waals surface area contributed by atoms with Crippen LogP contribution in [0.5, 0.6) is 0 Å². The largest absolute Gasteiger partial charge is 0.327 e. The normalized spacial score (nSPS) is 12.1. The van der Waals surface area contributed by atoms with E-state index in [9.17, 15) is 4.79 Å². The Labute approximate surface area is 134 Å². The Morgan fingerprint density at radius 2 is 2.29 bits per heavy atom. The number of aromatic nitrogens is 2. The van der Waals surface area contributed by atoms with E-state index in [1.165, 1.54) is 16.0 Å². The van der Waals surface area contributed by atoms with Gasteiger partial charge in [0.15, 0.2) is 4.80 Å². The highest BCUT2D eigenvalue weighted by Gasteiger charge is 2.05. The minimum atomic E-state index is -0.0980. The lowest BCUT2D eigenvalue weighted by atomic mass is 10.3. The fraction of sp³-hybridized carbons (Fsp3) is 0.214. The van der Waals surface area contributed by atoms with Gasteiger partial charge in [0.05, 0.1) is 16.0 Å². The van der Waals surface area contributed by atoms with E-state index in [4.69, 9.17) is 0 Å². The number of hydrogen-bond acceptors (Lipinski definition) is 5. The molecular weight excluding hydrogens is 322 g/mol. The molecule has 3 aromatic rings. The summed E-state index contributed by atoms with van der Waals surface area (Å²) in [6.45, 7) is 0. The van der Waals surface area contributed by atoms with E-state index in [0.29, 0.717) is 5.75 Å². The van der Waals surface area contributed by atoms with Crippen molar-refractivity contribution in [1.82, 2.24) is 9.55 Å². The lowest BCUT2D eigenvalue weighted by Gasteiger charge is -1.94. The van der Waals surface area contributed by atoms with E-state index in [0.717, 1.165) is 21.1 Å². The molecule has 7 heteroatoms. The summed E-state index contributed by atoms with van der Waals surface area (Å²) in [6.07, 6.45) is 1.89. The molecule has 0 spiro atoms. The zero-order valence-corrected chi connectivity index (χ0v) is 13.8. The molecule has 4 nitrogen and oxygen atoms in total. The van der Waals surface area contributed by atoms with Crippen LogP contribution in [0.2, 0.25) is 0 Å². The minimum absolute atomic E-state index is 0.0980. The van der Waals surface area contributed by atoms with Crippen LogP contribution in [0.1, 0.15) is 5.01 Å². The Balaban J connectivity index is 1.59. The van der Waals surface area contributed by atoms with Crippen molar-refractivity contribution < 1.29 is 4.79 Å². The Hall–Kier alpha value is -1.44. The summed E-state index contributed by atoms with van der Waals surface area (Å²) in [7, 11) is 1.89. The van der Waals surface area contributed by atoms with Gasteiger partial charge in [-0.25, -0.2) is 4.98 Å². The van der Waals surface area contributed by atoms with E-state index in [1.807, 2.05) is 41.4 Å². The maximum absolute atomic E-state index is 11.8. The van der Waals surface area contributed by atoms with Crippen LogP contribution < -0.4 is 4.80 Å². The first-order chi connectivity index (χ1) is 10.2. The molecular formula is C14H13N3OS3. The molecule has 0 fully saturated rings. The monoisotopic (exact) mass is 335 g/mol. The van der Waals surface area contributed by atoms with Gasteiger partial charge in [-0.05, 0) is 12.1 Å². The number of thioether (sulfide) groups is 1. The fourth-order valence-corrected chi connectivity index (χ4v) is 4.36. The van der Waals surface area contributed by atoms with E-state index in [2.05, 4.69) is 16.0 Å². The zero-order valence-electron chi connectivity index (χ0n) is 11.4. The third-order valence-corrected chi connectivity index (χ3v) is 5.76. The van der Waals surface area contributed by atoms with Gasteiger partial charge in [-0.15, -0.1) is 34.4 Å². The van der Waals surface area contributed by atoms with Gasteiger partial charge in [-0.1, -0.05) is 12.1 Å². The number of hydrogen-bond donors (Lipinski definition) is 0. The molecule has 0 saturated carbocycles. The number of fused-ring (bicyclic) bond motifs is 1. The van der Waals surface area contributed by atoms with Crippen molar-refractivity contribution in [2.24, 2.45) is 12.0 Å². The Kier molecular flexibility index (Phi) is 4.52. The molecule has 0 unspecified atom stereocenters. The highest BCUT2D eigenvalue weighted by atomic mass is 32.2. The highest BCUT2D eigenvalue weighted by molar-refractivity contribution is 7.99. The zero-order chi connectivity index (χ0) is 14.7. The Bertz CT molecular complexity index is 798. The van der Waals surface area contributed by atoms with Crippen molar-refractivity contribution >= 4 is 50.6 Å². The van der Waals surface area contributed by atoms with E-state index in [-0.39, 0.29) is 5.91 Å². The maximum atomic E-state index is 11.8. The number of benzene rings is 1. The van der Waals surface area contributed by atoms with Gasteiger partial charge >= 0.3 is 0 Å². The number of carbonyl (C=O) groups is 1. The quantitative estimate of drug-likeness (QED) is 0.736. The van der Waals surface area contributed by atoms with Crippen LogP contribution >= 0.6 is 34.4 Å². The van der Waals surface area contributed by atoms with Gasteiger partial charge in [0.1, 0.15) is 5.01 Å². The number of carbonyl (C=O) groups excluding carboxylic acids is 1. The Morgan fingerprint density at radius 1 is 1.43 bits per heavy atom. The van der Waals surface area contributed by atoms with Crippen molar-refractivity contribution in [2.75, 3.05) is 5.75 Å². The van der Waals surface area contributed by atoms with Crippen LogP contribution in [0.15, 0.2) is 40.8 Å². The molecule has 21 heavy (non-hydrogen) atoms. The summed E-state index contributed by atoms with van der Waals surface area (Å²) < 4.78 is 3.04. The number of para-hydroxylation sites is 1. The number of thiazole rings is 2. The van der Waals surface area contributed by atoms with E-state index in [1.54, 1.807) is 23.1 Å². The van der Waals surface area contributed by atoms with Gasteiger partial charge in [-0.2, -0.15) is 4.99 Å². The second-order valence-corrected chi connectivity index (χ2v) is 7.34. The van der Waals surface area contributed by atoms with Crippen LogP contribution in [0, 0.1) is 0 Å². The number of aryl methyl sites for hydroxylation is 1. The predicted molar refractivity (Wildman–Crippen MR) is 89.6 cm³/mol. The third kappa shape index (κ3) is 3.61.